The SMILES string of the molecule is CC/C=C\C/C=C\C/C=C\C/C=C\C/C=C\CCCC(=O)NC(COP(=O)([O-])OCC[N+](C)(C)C)C(O)CCCCCCCCCCCCCCCCCCCCC. The molecule has 0 saturated carbocycles. The van der Waals surface area contributed by atoms with Crippen molar-refractivity contribution in [2.45, 2.75) is 206 Å². The van der Waals surface area contributed by atoms with Crippen LogP contribution in [0, 0.1) is 0 Å². The van der Waals surface area contributed by atoms with E-state index in [0.29, 0.717) is 23.9 Å². The lowest BCUT2D eigenvalue weighted by Crippen LogP contribution is -2.46. The van der Waals surface area contributed by atoms with Crippen molar-refractivity contribution in [1.29, 1.82) is 0 Å². The molecule has 8 nitrogen and oxygen atoms in total. The zero-order valence-corrected chi connectivity index (χ0v) is 39.1. The highest BCUT2D eigenvalue weighted by molar-refractivity contribution is 7.45. The minimum absolute atomic E-state index is 0.000978. The average Bonchev–Trinajstić information content (AvgIpc) is 3.17. The Balaban J connectivity index is 4.42. The number of phosphoric ester groups is 1. The van der Waals surface area contributed by atoms with Crippen molar-refractivity contribution in [3.8, 4) is 0 Å². The number of rotatable bonds is 42. The van der Waals surface area contributed by atoms with E-state index in [-0.39, 0.29) is 25.5 Å². The van der Waals surface area contributed by atoms with Gasteiger partial charge in [-0.1, -0.05) is 197 Å². The van der Waals surface area contributed by atoms with Crippen LogP contribution in [-0.4, -0.2) is 68.5 Å². The zero-order valence-electron chi connectivity index (χ0n) is 38.2. The van der Waals surface area contributed by atoms with E-state index in [1.807, 2.05) is 21.1 Å². The maximum absolute atomic E-state index is 12.9. The van der Waals surface area contributed by atoms with Crippen LogP contribution < -0.4 is 10.2 Å². The largest absolute Gasteiger partial charge is 0.756 e. The summed E-state index contributed by atoms with van der Waals surface area (Å²) in [6.45, 7) is 4.56. The number of likely N-dealkylation sites (N-methyl/N-ethyl adjacent to an activating group) is 1. The number of hydrogen-bond donors (Lipinski definition) is 2. The first kappa shape index (κ1) is 56.2. The zero-order chi connectivity index (χ0) is 42.8. The molecule has 0 aromatic heterocycles. The van der Waals surface area contributed by atoms with Crippen LogP contribution >= 0.6 is 7.82 Å². The number of aliphatic hydroxyl groups excluding tert-OH is 1. The summed E-state index contributed by atoms with van der Waals surface area (Å²) >= 11 is 0. The fourth-order valence-corrected chi connectivity index (χ4v) is 7.27. The van der Waals surface area contributed by atoms with Gasteiger partial charge >= 0.3 is 0 Å². The van der Waals surface area contributed by atoms with Crippen molar-refractivity contribution >= 4 is 13.7 Å². The normalized spacial score (nSPS) is 14.8. The van der Waals surface area contributed by atoms with E-state index in [2.05, 4.69) is 79.9 Å². The first-order chi connectivity index (χ1) is 28.0. The van der Waals surface area contributed by atoms with Crippen LogP contribution in [0.3, 0.4) is 0 Å². The van der Waals surface area contributed by atoms with Gasteiger partial charge in [-0.05, 0) is 51.4 Å². The Kier molecular flexibility index (Phi) is 39.3. The number of hydrogen-bond acceptors (Lipinski definition) is 6. The summed E-state index contributed by atoms with van der Waals surface area (Å²) in [6.07, 6.45) is 52.4. The topological polar surface area (TPSA) is 108 Å². The second-order valence-electron chi connectivity index (χ2n) is 17.1. The molecule has 0 aliphatic rings. The molecule has 9 heteroatoms. The van der Waals surface area contributed by atoms with E-state index in [1.165, 1.54) is 103 Å². The Morgan fingerprint density at radius 2 is 1.03 bits per heavy atom. The summed E-state index contributed by atoms with van der Waals surface area (Å²) in [5.41, 5.74) is 0. The molecule has 0 aliphatic heterocycles. The molecule has 3 unspecified atom stereocenters. The Bertz CT molecular complexity index is 1130. The van der Waals surface area contributed by atoms with E-state index < -0.39 is 20.0 Å². The summed E-state index contributed by atoms with van der Waals surface area (Å²) in [4.78, 5) is 25.3. The number of nitrogens with zero attached hydrogens (tertiary/aromatic N) is 1. The van der Waals surface area contributed by atoms with E-state index in [9.17, 15) is 19.4 Å². The van der Waals surface area contributed by atoms with E-state index in [0.717, 1.165) is 57.8 Å². The van der Waals surface area contributed by atoms with Gasteiger partial charge in [0.05, 0.1) is 39.9 Å². The molecule has 3 atom stereocenters. The van der Waals surface area contributed by atoms with Gasteiger partial charge < -0.3 is 28.8 Å². The summed E-state index contributed by atoms with van der Waals surface area (Å²) in [6, 6.07) is -0.832. The van der Waals surface area contributed by atoms with E-state index in [1.54, 1.807) is 0 Å². The minimum atomic E-state index is -4.58. The lowest BCUT2D eigenvalue weighted by molar-refractivity contribution is -0.870. The van der Waals surface area contributed by atoms with E-state index >= 15 is 0 Å². The van der Waals surface area contributed by atoms with Crippen molar-refractivity contribution in [3.05, 3.63) is 60.8 Å². The number of phosphoric acid groups is 1. The molecule has 0 saturated heterocycles. The Morgan fingerprint density at radius 3 is 1.47 bits per heavy atom. The second-order valence-corrected chi connectivity index (χ2v) is 18.5. The van der Waals surface area contributed by atoms with Crippen molar-refractivity contribution < 1.29 is 32.9 Å². The van der Waals surface area contributed by atoms with Crippen LogP contribution in [-0.2, 0) is 18.4 Å². The maximum Gasteiger partial charge on any atom is 0.268 e. The standard InChI is InChI=1S/C49H91N2O6P/c1-6-8-10-12-14-16-18-20-22-24-25-27-28-30-32-34-36-38-40-42-48(52)47(46-57-58(54,55)56-45-44-51(3,4)5)50-49(53)43-41-39-37-35-33-31-29-26-23-21-19-17-15-13-11-9-7-2/h9,11,15,17,21,23,29,31,35,37,47-48,52H,6-8,10,12-14,16,18-20,22,24-28,30,32-34,36,38-46H2,1-5H3,(H-,50,53,54,55)/b11-9-,17-15-,23-21-,31-29-,37-35-. The summed E-state index contributed by atoms with van der Waals surface area (Å²) in [5, 5.41) is 13.9. The molecule has 0 aliphatic carbocycles. The third-order valence-corrected chi connectivity index (χ3v) is 11.2. The molecule has 0 fully saturated rings. The predicted octanol–water partition coefficient (Wildman–Crippen LogP) is 12.8. The number of nitrogens with one attached hydrogen (secondary N) is 1. The highest BCUT2D eigenvalue weighted by atomic mass is 31.2. The van der Waals surface area contributed by atoms with Crippen LogP contribution in [0.4, 0.5) is 0 Å². The maximum atomic E-state index is 12.9. The number of amides is 1. The third kappa shape index (κ3) is 42.3. The van der Waals surface area contributed by atoms with Gasteiger partial charge in [-0.25, -0.2) is 0 Å². The molecule has 0 rings (SSSR count). The predicted molar refractivity (Wildman–Crippen MR) is 247 cm³/mol. The average molecular weight is 835 g/mol. The molecule has 0 spiro atoms. The van der Waals surface area contributed by atoms with Gasteiger partial charge in [0, 0.05) is 6.42 Å². The molecule has 58 heavy (non-hydrogen) atoms. The number of aliphatic hydroxyl groups is 1. The lowest BCUT2D eigenvalue weighted by Gasteiger charge is -2.30. The molecule has 0 bridgehead atoms. The smallest absolute Gasteiger partial charge is 0.268 e. The Labute approximate surface area is 358 Å². The number of carbonyl (C=O) groups excluding carboxylic acids is 1. The van der Waals surface area contributed by atoms with Crippen molar-refractivity contribution in [1.82, 2.24) is 5.32 Å². The molecule has 2 N–H and O–H groups in total. The van der Waals surface area contributed by atoms with Crippen molar-refractivity contribution in [3.63, 3.8) is 0 Å². The molecule has 0 heterocycles. The number of allylic oxidation sites excluding steroid dienone is 10. The first-order valence-corrected chi connectivity index (χ1v) is 25.1. The van der Waals surface area contributed by atoms with Crippen LogP contribution in [0.5, 0.6) is 0 Å². The van der Waals surface area contributed by atoms with Gasteiger partial charge in [0.25, 0.3) is 7.82 Å². The quantitative estimate of drug-likeness (QED) is 0.0274. The molecule has 0 aromatic rings. The van der Waals surface area contributed by atoms with Crippen LogP contribution in [0.15, 0.2) is 60.8 Å². The van der Waals surface area contributed by atoms with Crippen molar-refractivity contribution in [2.24, 2.45) is 0 Å². The number of carbonyl (C=O) groups is 1. The summed E-state index contributed by atoms with van der Waals surface area (Å²) in [5.74, 6) is -0.222. The summed E-state index contributed by atoms with van der Waals surface area (Å²) in [7, 11) is 1.26. The fourth-order valence-electron chi connectivity index (χ4n) is 6.55. The number of unbranched alkanes of at least 4 members (excludes halogenated alkanes) is 19. The number of quaternary nitrogens is 1. The Hall–Kier alpha value is -1.80. The van der Waals surface area contributed by atoms with Crippen LogP contribution in [0.25, 0.3) is 0 Å². The van der Waals surface area contributed by atoms with Crippen molar-refractivity contribution in [2.75, 3.05) is 40.9 Å². The van der Waals surface area contributed by atoms with Gasteiger partial charge in [-0.2, -0.15) is 0 Å². The van der Waals surface area contributed by atoms with Gasteiger partial charge in [-0.3, -0.25) is 9.36 Å². The lowest BCUT2D eigenvalue weighted by atomic mass is 10.0. The molecule has 0 radical (unpaired) electrons. The van der Waals surface area contributed by atoms with Gasteiger partial charge in [0.2, 0.25) is 5.91 Å². The Morgan fingerprint density at radius 1 is 0.621 bits per heavy atom. The summed E-state index contributed by atoms with van der Waals surface area (Å²) < 4.78 is 23.3. The molecule has 0 aromatic carbocycles. The fraction of sp³-hybridized carbons (Fsp3) is 0.776. The second kappa shape index (κ2) is 40.6. The van der Waals surface area contributed by atoms with Gasteiger partial charge in [0.15, 0.2) is 0 Å². The molecule has 1 amide bonds. The van der Waals surface area contributed by atoms with E-state index in [4.69, 9.17) is 9.05 Å². The monoisotopic (exact) mass is 835 g/mol. The highest BCUT2D eigenvalue weighted by Gasteiger charge is 2.24. The molecule has 338 valence electrons. The molecular formula is C49H91N2O6P. The van der Waals surface area contributed by atoms with Crippen LogP contribution in [0.2, 0.25) is 0 Å². The first-order valence-electron chi connectivity index (χ1n) is 23.6. The third-order valence-electron chi connectivity index (χ3n) is 10.3. The highest BCUT2D eigenvalue weighted by Crippen LogP contribution is 2.38. The minimum Gasteiger partial charge on any atom is -0.756 e. The van der Waals surface area contributed by atoms with Crippen LogP contribution in [0.1, 0.15) is 194 Å². The molecular weight excluding hydrogens is 744 g/mol. The van der Waals surface area contributed by atoms with Gasteiger partial charge in [0.1, 0.15) is 13.2 Å². The van der Waals surface area contributed by atoms with Gasteiger partial charge in [-0.15, -0.1) is 0 Å².